The summed E-state index contributed by atoms with van der Waals surface area (Å²) in [6.07, 6.45) is -3.50. The van der Waals surface area contributed by atoms with E-state index >= 15 is 0 Å². The molecular weight excluding hydrogens is 195 g/mol. The Balaban J connectivity index is 4.51. The van der Waals surface area contributed by atoms with Gasteiger partial charge in [-0.1, -0.05) is 0 Å². The lowest BCUT2D eigenvalue weighted by molar-refractivity contribution is -0.0446. The predicted octanol–water partition coefficient (Wildman–Crippen LogP) is 1.19. The van der Waals surface area contributed by atoms with E-state index in [9.17, 15) is 30.4 Å². The number of hydrogen-bond acceptors (Lipinski definition) is 2. The van der Waals surface area contributed by atoms with Crippen LogP contribution in [0.5, 0.6) is 0 Å². The second-order valence-electron chi connectivity index (χ2n) is 1.62. The Bertz CT molecular complexity index is 214. The van der Waals surface area contributed by atoms with Crippen LogP contribution in [0.3, 0.4) is 0 Å². The molecule has 0 saturated carbocycles. The SMILES string of the molecule is O=S(=O)(CC(F)F)C(F)(F)F. The van der Waals surface area contributed by atoms with Gasteiger partial charge in [0.15, 0.2) is 0 Å². The summed E-state index contributed by atoms with van der Waals surface area (Å²) in [7, 11) is -5.65. The van der Waals surface area contributed by atoms with Gasteiger partial charge in [0.2, 0.25) is 0 Å². The predicted molar refractivity (Wildman–Crippen MR) is 25.8 cm³/mol. The zero-order valence-corrected chi connectivity index (χ0v) is 5.72. The largest absolute Gasteiger partial charge is 0.497 e. The molecule has 0 radical (unpaired) electrons. The van der Waals surface area contributed by atoms with Gasteiger partial charge in [0, 0.05) is 0 Å². The van der Waals surface area contributed by atoms with Crippen molar-refractivity contribution in [3.8, 4) is 0 Å². The lowest BCUT2D eigenvalue weighted by atomic mass is 10.9. The van der Waals surface area contributed by atoms with E-state index in [2.05, 4.69) is 0 Å². The van der Waals surface area contributed by atoms with Gasteiger partial charge in [-0.2, -0.15) is 13.2 Å². The third-order valence-corrected chi connectivity index (χ3v) is 2.09. The van der Waals surface area contributed by atoms with E-state index in [-0.39, 0.29) is 0 Å². The molecule has 0 spiro atoms. The summed E-state index contributed by atoms with van der Waals surface area (Å²) in [6, 6.07) is 0. The second-order valence-corrected chi connectivity index (χ2v) is 3.64. The third kappa shape index (κ3) is 3.00. The van der Waals surface area contributed by atoms with Gasteiger partial charge in [-0.05, 0) is 0 Å². The number of sulfone groups is 1. The van der Waals surface area contributed by atoms with Crippen molar-refractivity contribution in [1.82, 2.24) is 0 Å². The maximum Gasteiger partial charge on any atom is 0.497 e. The minimum Gasteiger partial charge on any atom is -0.219 e. The normalized spacial score (nSPS) is 14.0. The first kappa shape index (κ1) is 10.6. The zero-order chi connectivity index (χ0) is 9.28. The van der Waals surface area contributed by atoms with E-state index in [1.54, 1.807) is 0 Å². The number of alkyl halides is 5. The molecule has 0 aromatic heterocycles. The van der Waals surface area contributed by atoms with Crippen molar-refractivity contribution in [3.63, 3.8) is 0 Å². The van der Waals surface area contributed by atoms with E-state index in [1.165, 1.54) is 0 Å². The van der Waals surface area contributed by atoms with Crippen LogP contribution in [0, 0.1) is 0 Å². The fraction of sp³-hybridized carbons (Fsp3) is 1.00. The molecule has 0 heterocycles. The molecule has 0 rings (SSSR count). The van der Waals surface area contributed by atoms with Crippen molar-refractivity contribution in [2.75, 3.05) is 5.75 Å². The first-order valence-electron chi connectivity index (χ1n) is 2.24. The highest BCUT2D eigenvalue weighted by Gasteiger charge is 2.46. The Hall–Kier alpha value is -0.400. The third-order valence-electron chi connectivity index (χ3n) is 0.698. The second kappa shape index (κ2) is 2.92. The molecule has 0 atom stereocenters. The maximum atomic E-state index is 11.3. The van der Waals surface area contributed by atoms with Crippen molar-refractivity contribution in [1.29, 1.82) is 0 Å². The molecule has 0 N–H and O–H groups in total. The van der Waals surface area contributed by atoms with E-state index in [0.29, 0.717) is 0 Å². The van der Waals surface area contributed by atoms with E-state index in [1.807, 2.05) is 0 Å². The molecule has 0 amide bonds. The fourth-order valence-electron chi connectivity index (χ4n) is 0.260. The molecule has 2 nitrogen and oxygen atoms in total. The molecular formula is C3H3F5O2S. The minimum atomic E-state index is -5.65. The van der Waals surface area contributed by atoms with Crippen LogP contribution >= 0.6 is 0 Å². The molecule has 0 aromatic carbocycles. The Morgan fingerprint density at radius 1 is 1.18 bits per heavy atom. The Kier molecular flexibility index (Phi) is 2.81. The summed E-state index contributed by atoms with van der Waals surface area (Å²) >= 11 is 0. The van der Waals surface area contributed by atoms with Crippen LogP contribution in [-0.4, -0.2) is 26.1 Å². The van der Waals surface area contributed by atoms with Crippen LogP contribution < -0.4 is 0 Å². The van der Waals surface area contributed by atoms with E-state index < -0.39 is 27.5 Å². The lowest BCUT2D eigenvalue weighted by Gasteiger charge is -2.05. The summed E-state index contributed by atoms with van der Waals surface area (Å²) in [5.74, 6) is -2.17. The van der Waals surface area contributed by atoms with Crippen molar-refractivity contribution in [3.05, 3.63) is 0 Å². The molecule has 0 bridgehead atoms. The van der Waals surface area contributed by atoms with Crippen LogP contribution in [0.4, 0.5) is 22.0 Å². The van der Waals surface area contributed by atoms with Gasteiger partial charge in [-0.3, -0.25) is 0 Å². The standard InChI is InChI=1S/C3H3F5O2S/c4-2(5)1-11(9,10)3(6,7)8/h2H,1H2. The van der Waals surface area contributed by atoms with Gasteiger partial charge in [-0.15, -0.1) is 0 Å². The lowest BCUT2D eigenvalue weighted by Crippen LogP contribution is -2.29. The smallest absolute Gasteiger partial charge is 0.219 e. The van der Waals surface area contributed by atoms with Crippen LogP contribution in [0.1, 0.15) is 0 Å². The summed E-state index contributed by atoms with van der Waals surface area (Å²) < 4.78 is 75.9. The maximum absolute atomic E-state index is 11.3. The molecule has 0 saturated heterocycles. The number of hydrogen-bond donors (Lipinski definition) is 0. The molecule has 0 aromatic rings. The number of halogens is 5. The van der Waals surface area contributed by atoms with Crippen LogP contribution in [-0.2, 0) is 9.84 Å². The Labute approximate surface area is 58.9 Å². The van der Waals surface area contributed by atoms with Crippen molar-refractivity contribution in [2.24, 2.45) is 0 Å². The summed E-state index contributed by atoms with van der Waals surface area (Å²) in [5, 5.41) is 0. The van der Waals surface area contributed by atoms with Gasteiger partial charge in [0.1, 0.15) is 5.75 Å². The molecule has 0 aliphatic rings. The molecule has 0 aliphatic heterocycles. The van der Waals surface area contributed by atoms with E-state index in [4.69, 9.17) is 0 Å². The molecule has 0 unspecified atom stereocenters. The molecule has 0 aliphatic carbocycles. The average molecular weight is 198 g/mol. The van der Waals surface area contributed by atoms with E-state index in [0.717, 1.165) is 0 Å². The summed E-state index contributed by atoms with van der Waals surface area (Å²) in [4.78, 5) is 0. The average Bonchev–Trinajstić information content (AvgIpc) is 1.56. The summed E-state index contributed by atoms with van der Waals surface area (Å²) in [6.45, 7) is 0. The highest BCUT2D eigenvalue weighted by molar-refractivity contribution is 7.92. The summed E-state index contributed by atoms with van der Waals surface area (Å²) in [5.41, 5.74) is -5.58. The fourth-order valence-corrected chi connectivity index (χ4v) is 0.781. The Morgan fingerprint density at radius 3 is 1.64 bits per heavy atom. The monoisotopic (exact) mass is 198 g/mol. The van der Waals surface area contributed by atoms with Gasteiger partial charge in [0.05, 0.1) is 0 Å². The Morgan fingerprint density at radius 2 is 1.55 bits per heavy atom. The minimum absolute atomic E-state index is 2.17. The van der Waals surface area contributed by atoms with Gasteiger partial charge in [-0.25, -0.2) is 17.2 Å². The quantitative estimate of drug-likeness (QED) is 0.624. The first-order chi connectivity index (χ1) is 4.67. The van der Waals surface area contributed by atoms with Crippen LogP contribution in [0.2, 0.25) is 0 Å². The van der Waals surface area contributed by atoms with Gasteiger partial charge in [0.25, 0.3) is 16.3 Å². The highest BCUT2D eigenvalue weighted by Crippen LogP contribution is 2.24. The van der Waals surface area contributed by atoms with Crippen molar-refractivity contribution in [2.45, 2.75) is 11.9 Å². The molecule has 8 heteroatoms. The zero-order valence-electron chi connectivity index (χ0n) is 4.90. The van der Waals surface area contributed by atoms with Gasteiger partial charge < -0.3 is 0 Å². The number of rotatable bonds is 2. The van der Waals surface area contributed by atoms with Crippen molar-refractivity contribution < 1.29 is 30.4 Å². The topological polar surface area (TPSA) is 34.1 Å². The first-order valence-corrected chi connectivity index (χ1v) is 3.89. The van der Waals surface area contributed by atoms with Gasteiger partial charge >= 0.3 is 5.51 Å². The molecule has 68 valence electrons. The van der Waals surface area contributed by atoms with Crippen LogP contribution in [0.15, 0.2) is 0 Å². The highest BCUT2D eigenvalue weighted by atomic mass is 32.2. The van der Waals surface area contributed by atoms with Crippen LogP contribution in [0.25, 0.3) is 0 Å². The molecule has 0 fully saturated rings. The van der Waals surface area contributed by atoms with Crippen molar-refractivity contribution >= 4 is 9.84 Å². The molecule has 11 heavy (non-hydrogen) atoms.